The lowest BCUT2D eigenvalue weighted by Crippen LogP contribution is -2.44. The number of imide groups is 1. The second-order valence-electron chi connectivity index (χ2n) is 5.32. The number of rotatable bonds is 4. The molecule has 0 saturated carbocycles. The van der Waals surface area contributed by atoms with Crippen molar-refractivity contribution in [3.05, 3.63) is 34.3 Å². The lowest BCUT2D eigenvalue weighted by molar-refractivity contribution is -0.141. The van der Waals surface area contributed by atoms with Crippen LogP contribution < -0.4 is 10.6 Å². The van der Waals surface area contributed by atoms with Gasteiger partial charge in [0, 0.05) is 10.0 Å². The van der Waals surface area contributed by atoms with Gasteiger partial charge in [-0.3, -0.25) is 14.5 Å². The number of nitrogens with one attached hydrogen (secondary N) is 2. The predicted molar refractivity (Wildman–Crippen MR) is 80.8 cm³/mol. The van der Waals surface area contributed by atoms with Gasteiger partial charge in [0.25, 0.3) is 5.91 Å². The highest BCUT2D eigenvalue weighted by Crippen LogP contribution is 2.33. The van der Waals surface area contributed by atoms with E-state index < -0.39 is 42.7 Å². The fourth-order valence-corrected chi connectivity index (χ4v) is 2.97. The monoisotopic (exact) mass is 407 g/mol. The second-order valence-corrected chi connectivity index (χ2v) is 6.17. The van der Waals surface area contributed by atoms with E-state index in [1.54, 1.807) is 29.6 Å². The number of amides is 4. The molecular formula is C14H13BrF3N3O3. The van der Waals surface area contributed by atoms with E-state index in [4.69, 9.17) is 0 Å². The van der Waals surface area contributed by atoms with E-state index >= 15 is 0 Å². The smallest absolute Gasteiger partial charge is 0.345 e. The van der Waals surface area contributed by atoms with Crippen LogP contribution in [0.3, 0.4) is 0 Å². The summed E-state index contributed by atoms with van der Waals surface area (Å²) in [6.07, 6.45) is -4.57. The van der Waals surface area contributed by atoms with E-state index in [0.29, 0.717) is 14.9 Å². The van der Waals surface area contributed by atoms with Gasteiger partial charge in [-0.25, -0.2) is 4.79 Å². The topological polar surface area (TPSA) is 78.5 Å². The molecule has 130 valence electrons. The van der Waals surface area contributed by atoms with Gasteiger partial charge in [-0.2, -0.15) is 13.2 Å². The van der Waals surface area contributed by atoms with Gasteiger partial charge in [0.05, 0.1) is 0 Å². The Hall–Kier alpha value is -2.10. The quantitative estimate of drug-likeness (QED) is 0.748. The van der Waals surface area contributed by atoms with Crippen LogP contribution in [0.1, 0.15) is 12.5 Å². The summed E-state index contributed by atoms with van der Waals surface area (Å²) >= 11 is 3.28. The molecule has 0 bridgehead atoms. The van der Waals surface area contributed by atoms with Crippen molar-refractivity contribution in [3.63, 3.8) is 0 Å². The van der Waals surface area contributed by atoms with Crippen LogP contribution in [0.5, 0.6) is 0 Å². The van der Waals surface area contributed by atoms with E-state index in [1.165, 1.54) is 6.92 Å². The third-order valence-electron chi connectivity index (χ3n) is 3.48. The minimum atomic E-state index is -4.57. The van der Waals surface area contributed by atoms with E-state index in [2.05, 4.69) is 21.2 Å². The molecule has 2 rings (SSSR count). The molecular weight excluding hydrogens is 395 g/mol. The number of benzene rings is 1. The zero-order valence-electron chi connectivity index (χ0n) is 12.4. The molecule has 2 N–H and O–H groups in total. The van der Waals surface area contributed by atoms with Gasteiger partial charge in [0.15, 0.2) is 0 Å². The first kappa shape index (κ1) is 18.2. The zero-order valence-corrected chi connectivity index (χ0v) is 14.0. The Morgan fingerprint density at radius 1 is 1.33 bits per heavy atom. The van der Waals surface area contributed by atoms with Gasteiger partial charge in [-0.15, -0.1) is 0 Å². The molecule has 0 aromatic heterocycles. The number of urea groups is 1. The highest BCUT2D eigenvalue weighted by Gasteiger charge is 2.50. The van der Waals surface area contributed by atoms with Crippen molar-refractivity contribution in [1.82, 2.24) is 15.5 Å². The van der Waals surface area contributed by atoms with Crippen LogP contribution in [-0.2, 0) is 15.1 Å². The van der Waals surface area contributed by atoms with Gasteiger partial charge in [-0.1, -0.05) is 34.1 Å². The van der Waals surface area contributed by atoms with Crippen molar-refractivity contribution in [2.75, 3.05) is 13.1 Å². The van der Waals surface area contributed by atoms with E-state index in [-0.39, 0.29) is 0 Å². The molecule has 1 unspecified atom stereocenters. The first-order chi connectivity index (χ1) is 11.0. The molecule has 1 aliphatic heterocycles. The van der Waals surface area contributed by atoms with Gasteiger partial charge in [0.2, 0.25) is 5.91 Å². The van der Waals surface area contributed by atoms with Crippen LogP contribution in [0.2, 0.25) is 0 Å². The Balaban J connectivity index is 2.15. The van der Waals surface area contributed by atoms with Crippen LogP contribution >= 0.6 is 15.9 Å². The summed E-state index contributed by atoms with van der Waals surface area (Å²) < 4.78 is 36.8. The molecule has 0 aliphatic carbocycles. The summed E-state index contributed by atoms with van der Waals surface area (Å²) in [6.45, 7) is -0.862. The first-order valence-corrected chi connectivity index (χ1v) is 7.56. The minimum absolute atomic E-state index is 0.474. The molecule has 1 saturated heterocycles. The van der Waals surface area contributed by atoms with Crippen LogP contribution in [0.25, 0.3) is 0 Å². The molecule has 1 atom stereocenters. The maximum absolute atomic E-state index is 12.5. The Labute approximate surface area is 143 Å². The SMILES string of the molecule is CC1(c2ccccc2Br)NC(=O)N(CC(=O)NCC(F)(F)F)C1=O. The average Bonchev–Trinajstić information content (AvgIpc) is 2.69. The second kappa shape index (κ2) is 6.42. The summed E-state index contributed by atoms with van der Waals surface area (Å²) in [6, 6.07) is 5.85. The number of alkyl halides is 3. The van der Waals surface area contributed by atoms with Crippen molar-refractivity contribution >= 4 is 33.8 Å². The van der Waals surface area contributed by atoms with Crippen LogP contribution in [0.15, 0.2) is 28.7 Å². The first-order valence-electron chi connectivity index (χ1n) is 6.77. The molecule has 1 aromatic carbocycles. The lowest BCUT2D eigenvalue weighted by Gasteiger charge is -2.23. The molecule has 4 amide bonds. The molecule has 10 heteroatoms. The average molecular weight is 408 g/mol. The Morgan fingerprint density at radius 2 is 1.96 bits per heavy atom. The van der Waals surface area contributed by atoms with Crippen molar-refractivity contribution in [3.8, 4) is 0 Å². The van der Waals surface area contributed by atoms with E-state index in [9.17, 15) is 27.6 Å². The predicted octanol–water partition coefficient (Wildman–Crippen LogP) is 1.89. The molecule has 0 radical (unpaired) electrons. The lowest BCUT2D eigenvalue weighted by atomic mass is 9.92. The van der Waals surface area contributed by atoms with Gasteiger partial charge < -0.3 is 10.6 Å². The zero-order chi connectivity index (χ0) is 18.1. The molecule has 1 fully saturated rings. The maximum atomic E-state index is 12.5. The number of hydrogen-bond acceptors (Lipinski definition) is 3. The third-order valence-corrected chi connectivity index (χ3v) is 4.17. The summed E-state index contributed by atoms with van der Waals surface area (Å²) in [5.41, 5.74) is -0.942. The standard InChI is InChI=1S/C14H13BrF3N3O3/c1-13(8-4-2-3-5-9(8)15)11(23)21(12(24)20-13)6-10(22)19-7-14(16,17)18/h2-5H,6-7H2,1H3,(H,19,22)(H,20,24). The Morgan fingerprint density at radius 3 is 2.54 bits per heavy atom. The normalized spacial score (nSPS) is 21.0. The van der Waals surface area contributed by atoms with Crippen molar-refractivity contribution in [2.45, 2.75) is 18.6 Å². The van der Waals surface area contributed by atoms with Gasteiger partial charge in [0.1, 0.15) is 18.6 Å². The van der Waals surface area contributed by atoms with Gasteiger partial charge in [-0.05, 0) is 13.0 Å². The number of carbonyl (C=O) groups is 3. The Bertz CT molecular complexity index is 695. The summed E-state index contributed by atoms with van der Waals surface area (Å²) in [4.78, 5) is 36.7. The summed E-state index contributed by atoms with van der Waals surface area (Å²) in [5, 5.41) is 4.09. The molecule has 0 spiro atoms. The number of halogens is 4. The number of nitrogens with zero attached hydrogens (tertiary/aromatic N) is 1. The van der Waals surface area contributed by atoms with E-state index in [1.807, 2.05) is 0 Å². The van der Waals surface area contributed by atoms with Crippen LogP contribution in [-0.4, -0.2) is 42.0 Å². The van der Waals surface area contributed by atoms with Crippen LogP contribution in [0.4, 0.5) is 18.0 Å². The molecule has 1 aromatic rings. The third kappa shape index (κ3) is 3.69. The minimum Gasteiger partial charge on any atom is -0.345 e. The highest BCUT2D eigenvalue weighted by atomic mass is 79.9. The van der Waals surface area contributed by atoms with Crippen molar-refractivity contribution in [2.24, 2.45) is 0 Å². The molecule has 1 heterocycles. The highest BCUT2D eigenvalue weighted by molar-refractivity contribution is 9.10. The van der Waals surface area contributed by atoms with Crippen LogP contribution in [0, 0.1) is 0 Å². The van der Waals surface area contributed by atoms with Crippen molar-refractivity contribution in [1.29, 1.82) is 0 Å². The summed E-state index contributed by atoms with van der Waals surface area (Å²) in [7, 11) is 0. The largest absolute Gasteiger partial charge is 0.405 e. The fraction of sp³-hybridized carbons (Fsp3) is 0.357. The van der Waals surface area contributed by atoms with E-state index in [0.717, 1.165) is 0 Å². The molecule has 1 aliphatic rings. The number of carbonyl (C=O) groups excluding carboxylic acids is 3. The summed E-state index contributed by atoms with van der Waals surface area (Å²) in [5.74, 6) is -1.80. The molecule has 24 heavy (non-hydrogen) atoms. The number of hydrogen-bond donors (Lipinski definition) is 2. The van der Waals surface area contributed by atoms with Crippen molar-refractivity contribution < 1.29 is 27.6 Å². The maximum Gasteiger partial charge on any atom is 0.405 e. The molecule has 6 nitrogen and oxygen atoms in total. The fourth-order valence-electron chi connectivity index (χ4n) is 2.29. The Kier molecular flexibility index (Phi) is 4.88. The van der Waals surface area contributed by atoms with Gasteiger partial charge >= 0.3 is 12.2 Å².